The number of para-hydroxylation sites is 1. The Kier molecular flexibility index (Phi) is 3.71. The maximum atomic E-state index is 10.9. The van der Waals surface area contributed by atoms with Crippen LogP contribution in [0, 0.1) is 16.0 Å². The van der Waals surface area contributed by atoms with Crippen molar-refractivity contribution in [2.24, 2.45) is 5.92 Å². The molecule has 1 aromatic carbocycles. The molecule has 1 saturated heterocycles. The van der Waals surface area contributed by atoms with Gasteiger partial charge in [0.15, 0.2) is 0 Å². The molecule has 0 aliphatic carbocycles. The monoisotopic (exact) mass is 236 g/mol. The lowest BCUT2D eigenvalue weighted by atomic mass is 9.89. The van der Waals surface area contributed by atoms with E-state index in [0.717, 1.165) is 6.54 Å². The Hall–Kier alpha value is -1.46. The van der Waals surface area contributed by atoms with Gasteiger partial charge < -0.3 is 10.4 Å². The van der Waals surface area contributed by atoms with Crippen molar-refractivity contribution in [3.05, 3.63) is 39.9 Å². The van der Waals surface area contributed by atoms with E-state index in [1.54, 1.807) is 18.2 Å². The van der Waals surface area contributed by atoms with E-state index in [0.29, 0.717) is 24.9 Å². The van der Waals surface area contributed by atoms with Crippen molar-refractivity contribution in [3.8, 4) is 0 Å². The van der Waals surface area contributed by atoms with Crippen LogP contribution in [0.25, 0.3) is 0 Å². The highest BCUT2D eigenvalue weighted by Crippen LogP contribution is 2.24. The summed E-state index contributed by atoms with van der Waals surface area (Å²) in [5, 5.41) is 23.9. The summed E-state index contributed by atoms with van der Waals surface area (Å²) in [4.78, 5) is 10.5. The van der Waals surface area contributed by atoms with Crippen molar-refractivity contribution < 1.29 is 10.0 Å². The van der Waals surface area contributed by atoms with Gasteiger partial charge in [0.2, 0.25) is 0 Å². The first-order chi connectivity index (χ1) is 8.18. The van der Waals surface area contributed by atoms with Gasteiger partial charge in [-0.3, -0.25) is 10.1 Å². The molecule has 2 unspecified atom stereocenters. The molecule has 2 rings (SSSR count). The molecule has 0 saturated carbocycles. The summed E-state index contributed by atoms with van der Waals surface area (Å²) in [6.07, 6.45) is 0.896. The van der Waals surface area contributed by atoms with Gasteiger partial charge in [-0.2, -0.15) is 0 Å². The summed E-state index contributed by atoms with van der Waals surface area (Å²) in [6, 6.07) is 6.74. The average molecular weight is 236 g/mol. The van der Waals surface area contributed by atoms with Gasteiger partial charge in [-0.1, -0.05) is 18.2 Å². The normalized spacial score (nSPS) is 24.5. The van der Waals surface area contributed by atoms with Crippen LogP contribution in [0.4, 0.5) is 5.69 Å². The molecule has 92 valence electrons. The molecule has 2 atom stereocenters. The standard InChI is InChI=1S/C12H16N2O3/c15-12-5-6-13-8-10(12)7-9-3-1-2-4-11(9)14(16)17/h1-4,10,12-13,15H,5-8H2. The second kappa shape index (κ2) is 5.25. The molecule has 0 amide bonds. The van der Waals surface area contributed by atoms with Gasteiger partial charge in [-0.15, -0.1) is 0 Å². The van der Waals surface area contributed by atoms with Gasteiger partial charge >= 0.3 is 0 Å². The number of hydrogen-bond acceptors (Lipinski definition) is 4. The summed E-state index contributed by atoms with van der Waals surface area (Å²) in [7, 11) is 0. The number of aliphatic hydroxyl groups excluding tert-OH is 1. The van der Waals surface area contributed by atoms with Gasteiger partial charge in [0.25, 0.3) is 5.69 Å². The third-order valence-corrected chi connectivity index (χ3v) is 3.24. The van der Waals surface area contributed by atoms with Gasteiger partial charge in [-0.05, 0) is 19.4 Å². The van der Waals surface area contributed by atoms with Crippen molar-refractivity contribution in [1.82, 2.24) is 5.32 Å². The highest BCUT2D eigenvalue weighted by molar-refractivity contribution is 5.40. The predicted molar refractivity (Wildman–Crippen MR) is 63.8 cm³/mol. The van der Waals surface area contributed by atoms with E-state index in [1.807, 2.05) is 0 Å². The minimum Gasteiger partial charge on any atom is -0.393 e. The first-order valence-corrected chi connectivity index (χ1v) is 5.79. The Labute approximate surface area is 99.6 Å². The Morgan fingerprint density at radius 2 is 2.24 bits per heavy atom. The average Bonchev–Trinajstić information content (AvgIpc) is 2.32. The van der Waals surface area contributed by atoms with Crippen molar-refractivity contribution in [3.63, 3.8) is 0 Å². The molecule has 0 bridgehead atoms. The molecule has 17 heavy (non-hydrogen) atoms. The molecule has 5 heteroatoms. The number of rotatable bonds is 3. The number of nitro groups is 1. The molecule has 1 aliphatic rings. The van der Waals surface area contributed by atoms with Crippen LogP contribution in [0.1, 0.15) is 12.0 Å². The van der Waals surface area contributed by atoms with E-state index in [1.165, 1.54) is 6.07 Å². The van der Waals surface area contributed by atoms with E-state index in [-0.39, 0.29) is 22.6 Å². The van der Waals surface area contributed by atoms with Crippen LogP contribution in [-0.2, 0) is 6.42 Å². The molecule has 1 aliphatic heterocycles. The Bertz CT molecular complexity index is 408. The number of nitrogens with one attached hydrogen (secondary N) is 1. The number of piperidine rings is 1. The zero-order chi connectivity index (χ0) is 12.3. The largest absolute Gasteiger partial charge is 0.393 e. The van der Waals surface area contributed by atoms with Gasteiger partial charge in [0.1, 0.15) is 0 Å². The van der Waals surface area contributed by atoms with E-state index in [4.69, 9.17) is 0 Å². The molecular formula is C12H16N2O3. The Morgan fingerprint density at radius 3 is 2.94 bits per heavy atom. The van der Waals surface area contributed by atoms with Crippen molar-refractivity contribution >= 4 is 5.69 Å². The molecule has 1 fully saturated rings. The topological polar surface area (TPSA) is 75.4 Å². The SMILES string of the molecule is O=[N+]([O-])c1ccccc1CC1CNCCC1O. The van der Waals surface area contributed by atoms with Crippen molar-refractivity contribution in [2.45, 2.75) is 18.9 Å². The van der Waals surface area contributed by atoms with E-state index < -0.39 is 0 Å². The minimum absolute atomic E-state index is 0.0600. The lowest BCUT2D eigenvalue weighted by Crippen LogP contribution is -2.40. The van der Waals surface area contributed by atoms with Gasteiger partial charge in [-0.25, -0.2) is 0 Å². The van der Waals surface area contributed by atoms with E-state index >= 15 is 0 Å². The first kappa shape index (κ1) is 12.0. The summed E-state index contributed by atoms with van der Waals surface area (Å²) < 4.78 is 0. The summed E-state index contributed by atoms with van der Waals surface area (Å²) in [6.45, 7) is 1.53. The second-order valence-electron chi connectivity index (χ2n) is 4.41. The van der Waals surface area contributed by atoms with Gasteiger partial charge in [0, 0.05) is 24.1 Å². The molecule has 1 aromatic rings. The van der Waals surface area contributed by atoms with Gasteiger partial charge in [0.05, 0.1) is 11.0 Å². The minimum atomic E-state index is -0.365. The van der Waals surface area contributed by atoms with Crippen LogP contribution in [0.3, 0.4) is 0 Å². The summed E-state index contributed by atoms with van der Waals surface area (Å²) >= 11 is 0. The summed E-state index contributed by atoms with van der Waals surface area (Å²) in [5.41, 5.74) is 0.843. The van der Waals surface area contributed by atoms with Crippen molar-refractivity contribution in [1.29, 1.82) is 0 Å². The number of hydrogen-bond donors (Lipinski definition) is 2. The Morgan fingerprint density at radius 1 is 1.47 bits per heavy atom. The lowest BCUT2D eigenvalue weighted by Gasteiger charge is -2.28. The third kappa shape index (κ3) is 2.81. The highest BCUT2D eigenvalue weighted by Gasteiger charge is 2.25. The number of nitrogens with zero attached hydrogens (tertiary/aromatic N) is 1. The van der Waals surface area contributed by atoms with E-state index in [9.17, 15) is 15.2 Å². The fourth-order valence-corrected chi connectivity index (χ4v) is 2.26. The van der Waals surface area contributed by atoms with Crippen LogP contribution >= 0.6 is 0 Å². The smallest absolute Gasteiger partial charge is 0.272 e. The quantitative estimate of drug-likeness (QED) is 0.609. The van der Waals surface area contributed by atoms with Crippen LogP contribution in [0.15, 0.2) is 24.3 Å². The van der Waals surface area contributed by atoms with Crippen molar-refractivity contribution in [2.75, 3.05) is 13.1 Å². The fourth-order valence-electron chi connectivity index (χ4n) is 2.26. The zero-order valence-corrected chi connectivity index (χ0v) is 9.50. The highest BCUT2D eigenvalue weighted by atomic mass is 16.6. The molecule has 2 N–H and O–H groups in total. The number of benzene rings is 1. The van der Waals surface area contributed by atoms with Crippen LogP contribution in [0.5, 0.6) is 0 Å². The molecule has 0 spiro atoms. The molecule has 1 heterocycles. The molecule has 0 aromatic heterocycles. The van der Waals surface area contributed by atoms with Crippen LogP contribution in [0.2, 0.25) is 0 Å². The molecule has 0 radical (unpaired) electrons. The maximum Gasteiger partial charge on any atom is 0.272 e. The number of aliphatic hydroxyl groups is 1. The third-order valence-electron chi connectivity index (χ3n) is 3.24. The van der Waals surface area contributed by atoms with Crippen LogP contribution in [-0.4, -0.2) is 29.2 Å². The lowest BCUT2D eigenvalue weighted by molar-refractivity contribution is -0.385. The Balaban J connectivity index is 2.14. The predicted octanol–water partition coefficient (Wildman–Crippen LogP) is 1.11. The van der Waals surface area contributed by atoms with Crippen LogP contribution < -0.4 is 5.32 Å². The zero-order valence-electron chi connectivity index (χ0n) is 9.50. The number of nitro benzene ring substituents is 1. The van der Waals surface area contributed by atoms with E-state index in [2.05, 4.69) is 5.32 Å². The first-order valence-electron chi connectivity index (χ1n) is 5.79. The summed E-state index contributed by atoms with van der Waals surface area (Å²) in [5.74, 6) is 0.0600. The molecular weight excluding hydrogens is 220 g/mol. The molecule has 5 nitrogen and oxygen atoms in total. The second-order valence-corrected chi connectivity index (χ2v) is 4.41. The fraction of sp³-hybridized carbons (Fsp3) is 0.500. The maximum absolute atomic E-state index is 10.9.